The van der Waals surface area contributed by atoms with E-state index in [-0.39, 0.29) is 13.0 Å². The van der Waals surface area contributed by atoms with Gasteiger partial charge in [-0.1, -0.05) is 6.92 Å². The molecule has 4 unspecified atom stereocenters. The van der Waals surface area contributed by atoms with Gasteiger partial charge in [0.05, 0.1) is 10.8 Å². The van der Waals surface area contributed by atoms with E-state index in [4.69, 9.17) is 18.9 Å². The maximum absolute atomic E-state index is 12.8. The summed E-state index contributed by atoms with van der Waals surface area (Å²) in [6.45, 7) is 8.38. The van der Waals surface area contributed by atoms with E-state index in [1.807, 2.05) is 0 Å². The van der Waals surface area contributed by atoms with Crippen LogP contribution in [0.5, 0.6) is 0 Å². The largest absolute Gasteiger partial charge is 0.462 e. The van der Waals surface area contributed by atoms with Crippen molar-refractivity contribution in [3.8, 4) is 0 Å². The van der Waals surface area contributed by atoms with Crippen LogP contribution in [0.4, 0.5) is 13.2 Å². The molecule has 0 fully saturated rings. The van der Waals surface area contributed by atoms with Crippen molar-refractivity contribution in [3.63, 3.8) is 0 Å². The van der Waals surface area contributed by atoms with Crippen molar-refractivity contribution in [1.82, 2.24) is 0 Å². The second-order valence-corrected chi connectivity index (χ2v) is 8.69. The minimum atomic E-state index is -4.85. The van der Waals surface area contributed by atoms with Crippen LogP contribution in [0.15, 0.2) is 0 Å². The van der Waals surface area contributed by atoms with Crippen molar-refractivity contribution in [2.75, 3.05) is 20.8 Å². The molecule has 0 aromatic rings. The third-order valence-corrected chi connectivity index (χ3v) is 5.07. The van der Waals surface area contributed by atoms with Crippen molar-refractivity contribution in [2.24, 2.45) is 10.8 Å². The Morgan fingerprint density at radius 3 is 1.93 bits per heavy atom. The van der Waals surface area contributed by atoms with Gasteiger partial charge in [-0.15, -0.1) is 0 Å². The fourth-order valence-corrected chi connectivity index (χ4v) is 3.00. The zero-order chi connectivity index (χ0) is 24.0. The van der Waals surface area contributed by atoms with Gasteiger partial charge in [0.2, 0.25) is 6.29 Å². The minimum absolute atomic E-state index is 0.0277. The SMILES string of the molecule is CCC(C)(CC(C)(C)C(=O)OC(C)CC(C)(O)C(F)(F)F)C(=O)OC(COC)OC. The smallest absolute Gasteiger partial charge is 0.417 e. The summed E-state index contributed by atoms with van der Waals surface area (Å²) < 4.78 is 59.0. The normalized spacial score (nSPS) is 18.7. The first kappa shape index (κ1) is 28.6. The Bertz CT molecular complexity index is 575. The highest BCUT2D eigenvalue weighted by atomic mass is 19.4. The Labute approximate surface area is 176 Å². The van der Waals surface area contributed by atoms with Crippen molar-refractivity contribution in [2.45, 2.75) is 85.0 Å². The van der Waals surface area contributed by atoms with Gasteiger partial charge in [0.15, 0.2) is 5.60 Å². The monoisotopic (exact) mass is 444 g/mol. The summed E-state index contributed by atoms with van der Waals surface area (Å²) in [6.07, 6.45) is -7.39. The molecule has 0 aromatic heterocycles. The number of aliphatic hydroxyl groups is 1. The van der Waals surface area contributed by atoms with E-state index < -0.39 is 53.4 Å². The molecule has 0 heterocycles. The molecule has 0 aromatic carbocycles. The summed E-state index contributed by atoms with van der Waals surface area (Å²) in [5, 5.41) is 9.59. The van der Waals surface area contributed by atoms with E-state index in [1.165, 1.54) is 35.0 Å². The fraction of sp³-hybridized carbons (Fsp3) is 0.900. The highest BCUT2D eigenvalue weighted by Crippen LogP contribution is 2.40. The number of carbonyl (C=O) groups excluding carboxylic acids is 2. The van der Waals surface area contributed by atoms with Gasteiger partial charge < -0.3 is 24.1 Å². The van der Waals surface area contributed by atoms with Crippen molar-refractivity contribution < 1.29 is 46.8 Å². The Hall–Kier alpha value is -1.39. The number of methoxy groups -OCH3 is 2. The molecular formula is C20H35F3O7. The molecule has 4 atom stereocenters. The third-order valence-electron chi connectivity index (χ3n) is 5.07. The highest BCUT2D eigenvalue weighted by Gasteiger charge is 2.51. The second-order valence-electron chi connectivity index (χ2n) is 8.69. The molecule has 0 aliphatic rings. The summed E-state index contributed by atoms with van der Waals surface area (Å²) >= 11 is 0. The lowest BCUT2D eigenvalue weighted by molar-refractivity contribution is -0.261. The molecule has 0 spiro atoms. The second kappa shape index (κ2) is 10.8. The molecule has 7 nitrogen and oxygen atoms in total. The average molecular weight is 444 g/mol. The number of hydrogen-bond acceptors (Lipinski definition) is 7. The standard InChI is InChI=1S/C20H35F3O7/c1-9-18(5,16(25)30-14(28-8)11-27-7)12-17(3,4)15(24)29-13(2)10-19(6,26)20(21,22)23/h13-14,26H,9-12H2,1-8H3. The summed E-state index contributed by atoms with van der Waals surface area (Å²) in [6, 6.07) is 0. The first-order valence-electron chi connectivity index (χ1n) is 9.68. The van der Waals surface area contributed by atoms with Gasteiger partial charge in [-0.25, -0.2) is 0 Å². The van der Waals surface area contributed by atoms with Crippen LogP contribution >= 0.6 is 0 Å². The summed E-state index contributed by atoms with van der Waals surface area (Å²) in [7, 11) is 2.79. The first-order valence-corrected chi connectivity index (χ1v) is 9.68. The summed E-state index contributed by atoms with van der Waals surface area (Å²) in [4.78, 5) is 25.3. The zero-order valence-corrected chi connectivity index (χ0v) is 19.0. The number of ether oxygens (including phenoxy) is 4. The van der Waals surface area contributed by atoms with Gasteiger partial charge in [-0.3, -0.25) is 9.59 Å². The molecule has 1 N–H and O–H groups in total. The maximum atomic E-state index is 12.8. The molecule has 0 radical (unpaired) electrons. The average Bonchev–Trinajstić information content (AvgIpc) is 2.58. The molecular weight excluding hydrogens is 409 g/mol. The predicted molar refractivity (Wildman–Crippen MR) is 102 cm³/mol. The number of carbonyl (C=O) groups is 2. The van der Waals surface area contributed by atoms with E-state index in [2.05, 4.69) is 0 Å². The van der Waals surface area contributed by atoms with Gasteiger partial charge in [-0.05, 0) is 47.5 Å². The van der Waals surface area contributed by atoms with Crippen LogP contribution in [0, 0.1) is 10.8 Å². The number of rotatable bonds is 12. The van der Waals surface area contributed by atoms with Crippen molar-refractivity contribution in [1.29, 1.82) is 0 Å². The zero-order valence-electron chi connectivity index (χ0n) is 19.0. The molecule has 30 heavy (non-hydrogen) atoms. The quantitative estimate of drug-likeness (QED) is 0.363. The van der Waals surface area contributed by atoms with E-state index in [9.17, 15) is 27.9 Å². The first-order chi connectivity index (χ1) is 13.5. The van der Waals surface area contributed by atoms with Gasteiger partial charge in [0.1, 0.15) is 12.7 Å². The summed E-state index contributed by atoms with van der Waals surface area (Å²) in [5.41, 5.74) is -5.27. The van der Waals surface area contributed by atoms with E-state index >= 15 is 0 Å². The maximum Gasteiger partial charge on any atom is 0.417 e. The van der Waals surface area contributed by atoms with Crippen molar-refractivity contribution in [3.05, 3.63) is 0 Å². The van der Waals surface area contributed by atoms with Gasteiger partial charge in [0, 0.05) is 20.6 Å². The lowest BCUT2D eigenvalue weighted by Crippen LogP contribution is -2.46. The lowest BCUT2D eigenvalue weighted by Gasteiger charge is -2.35. The van der Waals surface area contributed by atoms with Crippen LogP contribution in [-0.4, -0.2) is 62.0 Å². The molecule has 0 saturated heterocycles. The molecule has 0 saturated carbocycles. The van der Waals surface area contributed by atoms with Crippen LogP contribution in [-0.2, 0) is 28.5 Å². The van der Waals surface area contributed by atoms with Crippen LogP contribution < -0.4 is 0 Å². The number of halogens is 3. The molecule has 0 rings (SSSR count). The van der Waals surface area contributed by atoms with Crippen LogP contribution in [0.2, 0.25) is 0 Å². The van der Waals surface area contributed by atoms with Crippen LogP contribution in [0.25, 0.3) is 0 Å². The van der Waals surface area contributed by atoms with E-state index in [0.29, 0.717) is 13.3 Å². The third kappa shape index (κ3) is 8.03. The van der Waals surface area contributed by atoms with E-state index in [1.54, 1.807) is 13.8 Å². The van der Waals surface area contributed by atoms with Gasteiger partial charge in [-0.2, -0.15) is 13.2 Å². The Morgan fingerprint density at radius 1 is 1.00 bits per heavy atom. The lowest BCUT2D eigenvalue weighted by atomic mass is 9.72. The predicted octanol–water partition coefficient (Wildman–Crippen LogP) is 3.62. The minimum Gasteiger partial charge on any atom is -0.462 e. The van der Waals surface area contributed by atoms with Gasteiger partial charge >= 0.3 is 18.1 Å². The van der Waals surface area contributed by atoms with Crippen LogP contribution in [0.3, 0.4) is 0 Å². The summed E-state index contributed by atoms with van der Waals surface area (Å²) in [5.74, 6) is -1.37. The van der Waals surface area contributed by atoms with Crippen LogP contribution in [0.1, 0.15) is 60.8 Å². The molecule has 0 aliphatic carbocycles. The molecule has 0 bridgehead atoms. The molecule has 0 amide bonds. The van der Waals surface area contributed by atoms with Crippen molar-refractivity contribution >= 4 is 11.9 Å². The Morgan fingerprint density at radius 2 is 1.53 bits per heavy atom. The molecule has 10 heteroatoms. The topological polar surface area (TPSA) is 91.3 Å². The fourth-order valence-electron chi connectivity index (χ4n) is 3.00. The van der Waals surface area contributed by atoms with Gasteiger partial charge in [0.25, 0.3) is 0 Å². The molecule has 178 valence electrons. The Balaban J connectivity index is 5.22. The number of esters is 2. The number of hydrogen-bond donors (Lipinski definition) is 1. The highest BCUT2D eigenvalue weighted by molar-refractivity contribution is 5.80. The number of alkyl halides is 3. The Kier molecular flexibility index (Phi) is 10.3. The molecule has 0 aliphatic heterocycles. The van der Waals surface area contributed by atoms with E-state index in [0.717, 1.165) is 0 Å².